The molecule has 5 rings (SSSR count). The zero-order chi connectivity index (χ0) is 26.6. The lowest BCUT2D eigenvalue weighted by Gasteiger charge is -2.35. The van der Waals surface area contributed by atoms with Crippen molar-refractivity contribution in [1.29, 1.82) is 0 Å². The van der Waals surface area contributed by atoms with Gasteiger partial charge in [-0.1, -0.05) is 48.0 Å². The summed E-state index contributed by atoms with van der Waals surface area (Å²) in [5.74, 6) is 6.21. The molecule has 1 aliphatic heterocycles. The van der Waals surface area contributed by atoms with E-state index in [1.54, 1.807) is 30.5 Å². The van der Waals surface area contributed by atoms with Gasteiger partial charge >= 0.3 is 0 Å². The van der Waals surface area contributed by atoms with Crippen LogP contribution in [0.2, 0.25) is 10.0 Å². The van der Waals surface area contributed by atoms with Crippen molar-refractivity contribution in [1.82, 2.24) is 9.88 Å². The van der Waals surface area contributed by atoms with Gasteiger partial charge in [-0.3, -0.25) is 4.79 Å². The van der Waals surface area contributed by atoms with E-state index < -0.39 is 0 Å². The number of hydrogen-bond acceptors (Lipinski definition) is 5. The molecule has 0 spiro atoms. The summed E-state index contributed by atoms with van der Waals surface area (Å²) in [4.78, 5) is 22.0. The van der Waals surface area contributed by atoms with Gasteiger partial charge in [0.2, 0.25) is 0 Å². The highest BCUT2D eigenvalue weighted by molar-refractivity contribution is 6.34. The Morgan fingerprint density at radius 3 is 2.47 bits per heavy atom. The fourth-order valence-electron chi connectivity index (χ4n) is 4.52. The zero-order valence-electron chi connectivity index (χ0n) is 21.0. The first-order valence-corrected chi connectivity index (χ1v) is 13.2. The van der Waals surface area contributed by atoms with Gasteiger partial charge in [-0.25, -0.2) is 4.98 Å². The van der Waals surface area contributed by atoms with Crippen LogP contribution in [0, 0.1) is 11.8 Å². The number of nitrogen functional groups attached to an aromatic ring is 1. The van der Waals surface area contributed by atoms with Gasteiger partial charge in [0.1, 0.15) is 5.82 Å². The number of fused-ring (bicyclic) bond motifs is 1. The maximum Gasteiger partial charge on any atom is 0.257 e. The molecule has 4 aromatic rings. The molecule has 3 aromatic carbocycles. The first-order chi connectivity index (χ1) is 18.4. The topological polar surface area (TPSA) is 74.5 Å². The Hall–Kier alpha value is -3.76. The Morgan fingerprint density at radius 1 is 1.00 bits per heavy atom. The first-order valence-electron chi connectivity index (χ1n) is 12.5. The second-order valence-electron chi connectivity index (χ2n) is 9.12. The minimum atomic E-state index is -0.282. The second-order valence-corrected chi connectivity index (χ2v) is 9.96. The highest BCUT2D eigenvalue weighted by atomic mass is 35.5. The van der Waals surface area contributed by atoms with E-state index in [0.29, 0.717) is 38.2 Å². The fraction of sp³-hybridized carbons (Fsp3) is 0.200. The Labute approximate surface area is 232 Å². The monoisotopic (exact) mass is 543 g/mol. The highest BCUT2D eigenvalue weighted by Gasteiger charge is 2.16. The number of likely N-dealkylation sites (N-methyl/N-ethyl adjacent to an activating group) is 1. The predicted molar refractivity (Wildman–Crippen MR) is 157 cm³/mol. The largest absolute Gasteiger partial charge is 0.383 e. The molecule has 6 nitrogen and oxygen atoms in total. The molecule has 0 saturated carbocycles. The Balaban J connectivity index is 1.28. The molecule has 0 atom stereocenters. The molecule has 0 radical (unpaired) electrons. The van der Waals surface area contributed by atoms with Crippen LogP contribution in [0.25, 0.3) is 10.8 Å². The molecule has 1 saturated heterocycles. The molecule has 8 heteroatoms. The van der Waals surface area contributed by atoms with E-state index in [9.17, 15) is 4.79 Å². The smallest absolute Gasteiger partial charge is 0.257 e. The number of hydrogen-bond donors (Lipinski definition) is 2. The normalized spacial score (nSPS) is 13.7. The average molecular weight is 544 g/mol. The van der Waals surface area contributed by atoms with Crippen LogP contribution < -0.4 is 16.0 Å². The molecule has 192 valence electrons. The molecule has 1 fully saturated rings. The molecule has 2 heterocycles. The van der Waals surface area contributed by atoms with Crippen LogP contribution in [-0.2, 0) is 0 Å². The van der Waals surface area contributed by atoms with E-state index in [-0.39, 0.29) is 5.91 Å². The summed E-state index contributed by atoms with van der Waals surface area (Å²) < 4.78 is 0. The van der Waals surface area contributed by atoms with Gasteiger partial charge in [0.15, 0.2) is 0 Å². The van der Waals surface area contributed by atoms with Crippen molar-refractivity contribution in [3.63, 3.8) is 0 Å². The molecule has 1 aliphatic rings. The number of amides is 1. The highest BCUT2D eigenvalue weighted by Crippen LogP contribution is 2.26. The fourth-order valence-corrected chi connectivity index (χ4v) is 4.96. The third-order valence-electron chi connectivity index (χ3n) is 6.74. The van der Waals surface area contributed by atoms with Crippen LogP contribution in [0.1, 0.15) is 28.4 Å². The standard InChI is InChI=1S/C30H27Cl2N5O/c1-2-36-13-15-37(16-14-36)24-9-7-23(8-10-24)35-30(38)26-12-4-20(17-28(26)32)3-11-25-27-18-22(31)6-5-21(27)19-34-29(25)33/h4-10,12,17-19H,2,13-16H2,1H3,(H2,33,34)(H,35,38). The quantitative estimate of drug-likeness (QED) is 0.312. The lowest BCUT2D eigenvalue weighted by atomic mass is 10.1. The van der Waals surface area contributed by atoms with Gasteiger partial charge in [-0.05, 0) is 61.1 Å². The number of carbonyl (C=O) groups excluding carboxylic acids is 1. The summed E-state index contributed by atoms with van der Waals surface area (Å²) in [7, 11) is 0. The number of nitrogens with zero attached hydrogens (tertiary/aromatic N) is 3. The maximum absolute atomic E-state index is 12.9. The number of aromatic nitrogens is 1. The first kappa shape index (κ1) is 25.9. The second kappa shape index (κ2) is 11.3. The molecule has 3 N–H and O–H groups in total. The number of nitrogens with two attached hydrogens (primary N) is 1. The molecule has 1 aromatic heterocycles. The van der Waals surface area contributed by atoms with Gasteiger partial charge in [0.25, 0.3) is 5.91 Å². The average Bonchev–Trinajstić information content (AvgIpc) is 2.93. The van der Waals surface area contributed by atoms with Crippen LogP contribution in [-0.4, -0.2) is 48.5 Å². The number of halogens is 2. The lowest BCUT2D eigenvalue weighted by Crippen LogP contribution is -2.46. The number of carbonyl (C=O) groups is 1. The minimum absolute atomic E-state index is 0.282. The van der Waals surface area contributed by atoms with Crippen LogP contribution in [0.4, 0.5) is 17.2 Å². The van der Waals surface area contributed by atoms with Gasteiger partial charge < -0.3 is 20.9 Å². The predicted octanol–water partition coefficient (Wildman–Crippen LogP) is 5.92. The Morgan fingerprint density at radius 2 is 1.76 bits per heavy atom. The molecule has 0 unspecified atom stereocenters. The summed E-state index contributed by atoms with van der Waals surface area (Å²) >= 11 is 12.6. The van der Waals surface area contributed by atoms with Crippen LogP contribution in [0.15, 0.2) is 66.9 Å². The van der Waals surface area contributed by atoms with E-state index >= 15 is 0 Å². The summed E-state index contributed by atoms with van der Waals surface area (Å²) in [6.45, 7) is 7.41. The van der Waals surface area contributed by atoms with E-state index in [4.69, 9.17) is 28.9 Å². The number of rotatable bonds is 4. The van der Waals surface area contributed by atoms with Gasteiger partial charge in [0, 0.05) is 65.1 Å². The lowest BCUT2D eigenvalue weighted by molar-refractivity contribution is 0.102. The third-order valence-corrected chi connectivity index (χ3v) is 7.29. The summed E-state index contributed by atoms with van der Waals surface area (Å²) in [6, 6.07) is 18.5. The summed E-state index contributed by atoms with van der Waals surface area (Å²) in [5.41, 5.74) is 9.58. The van der Waals surface area contributed by atoms with Crippen molar-refractivity contribution in [2.24, 2.45) is 0 Å². The number of anilines is 3. The maximum atomic E-state index is 12.9. The minimum Gasteiger partial charge on any atom is -0.383 e. The van der Waals surface area contributed by atoms with E-state index in [1.165, 1.54) is 0 Å². The van der Waals surface area contributed by atoms with Crippen molar-refractivity contribution in [2.75, 3.05) is 48.7 Å². The molecule has 1 amide bonds. The zero-order valence-corrected chi connectivity index (χ0v) is 22.5. The molecule has 0 bridgehead atoms. The Bertz CT molecular complexity index is 1550. The van der Waals surface area contributed by atoms with Crippen LogP contribution in [0.5, 0.6) is 0 Å². The van der Waals surface area contributed by atoms with Gasteiger partial charge in [-0.15, -0.1) is 0 Å². The van der Waals surface area contributed by atoms with Crippen molar-refractivity contribution in [3.05, 3.63) is 93.6 Å². The van der Waals surface area contributed by atoms with E-state index in [2.05, 4.69) is 38.9 Å². The van der Waals surface area contributed by atoms with Crippen LogP contribution >= 0.6 is 23.2 Å². The van der Waals surface area contributed by atoms with Gasteiger partial charge in [0.05, 0.1) is 16.1 Å². The molecular formula is C30H27Cl2N5O. The van der Waals surface area contributed by atoms with Crippen molar-refractivity contribution in [3.8, 4) is 11.8 Å². The van der Waals surface area contributed by atoms with Crippen LogP contribution in [0.3, 0.4) is 0 Å². The summed E-state index contributed by atoms with van der Waals surface area (Å²) in [6.07, 6.45) is 1.69. The van der Waals surface area contributed by atoms with Crippen molar-refractivity contribution < 1.29 is 4.79 Å². The third kappa shape index (κ3) is 5.71. The van der Waals surface area contributed by atoms with Crippen molar-refractivity contribution >= 4 is 57.1 Å². The number of pyridine rings is 1. The Kier molecular flexibility index (Phi) is 7.71. The molecule has 0 aliphatic carbocycles. The molecule has 38 heavy (non-hydrogen) atoms. The van der Waals surface area contributed by atoms with E-state index in [1.807, 2.05) is 36.4 Å². The number of benzene rings is 3. The number of nitrogens with one attached hydrogen (secondary N) is 1. The van der Waals surface area contributed by atoms with E-state index in [0.717, 1.165) is 49.2 Å². The SMILES string of the molecule is CCN1CCN(c2ccc(NC(=O)c3ccc(C#Cc4c(N)ncc5ccc(Cl)cc45)cc3Cl)cc2)CC1. The molecular weight excluding hydrogens is 517 g/mol. The summed E-state index contributed by atoms with van der Waals surface area (Å²) in [5, 5.41) is 5.56. The number of piperazine rings is 1. The van der Waals surface area contributed by atoms with Gasteiger partial charge in [-0.2, -0.15) is 0 Å². The van der Waals surface area contributed by atoms with Crippen molar-refractivity contribution in [2.45, 2.75) is 6.92 Å².